The number of aryl methyl sites for hydroxylation is 1. The predicted octanol–water partition coefficient (Wildman–Crippen LogP) is 4.95. The lowest BCUT2D eigenvalue weighted by atomic mass is 10.1. The Balaban J connectivity index is 1.71. The van der Waals surface area contributed by atoms with E-state index in [0.29, 0.717) is 33.0 Å². The molecule has 1 N–H and O–H groups in total. The number of hydrogen-bond acceptors (Lipinski definition) is 2. The molecule has 1 saturated heterocycles. The average Bonchev–Trinajstić information content (AvgIpc) is 2.95. The van der Waals surface area contributed by atoms with E-state index in [1.165, 1.54) is 0 Å². The molecular weight excluding hydrogens is 383 g/mol. The van der Waals surface area contributed by atoms with E-state index < -0.39 is 5.92 Å². The highest BCUT2D eigenvalue weighted by Crippen LogP contribution is 2.30. The van der Waals surface area contributed by atoms with Gasteiger partial charge >= 0.3 is 0 Å². The second-order valence-electron chi connectivity index (χ2n) is 5.96. The number of hydrogen-bond donors (Lipinski definition) is 1. The monoisotopic (exact) mass is 396 g/mol. The molecule has 0 saturated carbocycles. The van der Waals surface area contributed by atoms with Gasteiger partial charge < -0.3 is 10.2 Å². The summed E-state index contributed by atoms with van der Waals surface area (Å²) >= 11 is 18.0. The molecule has 25 heavy (non-hydrogen) atoms. The van der Waals surface area contributed by atoms with Crippen LogP contribution in [0.5, 0.6) is 0 Å². The summed E-state index contributed by atoms with van der Waals surface area (Å²) in [5.41, 5.74) is 2.18. The number of carbonyl (C=O) groups is 2. The number of benzene rings is 2. The van der Waals surface area contributed by atoms with Crippen molar-refractivity contribution in [3.8, 4) is 0 Å². The summed E-state index contributed by atoms with van der Waals surface area (Å²) in [5, 5.41) is 4.14. The van der Waals surface area contributed by atoms with Crippen LogP contribution in [0.2, 0.25) is 15.1 Å². The first-order chi connectivity index (χ1) is 11.8. The van der Waals surface area contributed by atoms with E-state index in [1.54, 1.807) is 29.2 Å². The first-order valence-corrected chi connectivity index (χ1v) is 8.81. The molecule has 7 heteroatoms. The molecule has 0 unspecified atom stereocenters. The van der Waals surface area contributed by atoms with Crippen LogP contribution in [-0.2, 0) is 9.59 Å². The molecule has 1 heterocycles. The SMILES string of the molecule is Cc1ccc(N2C[C@H](C(=O)Nc3ccc(Cl)c(Cl)c3)CC2=O)cc1Cl. The highest BCUT2D eigenvalue weighted by Gasteiger charge is 2.35. The van der Waals surface area contributed by atoms with Crippen molar-refractivity contribution in [2.45, 2.75) is 13.3 Å². The molecule has 1 fully saturated rings. The summed E-state index contributed by atoms with van der Waals surface area (Å²) in [7, 11) is 0. The molecule has 4 nitrogen and oxygen atoms in total. The molecule has 0 radical (unpaired) electrons. The highest BCUT2D eigenvalue weighted by molar-refractivity contribution is 6.42. The third-order valence-corrected chi connectivity index (χ3v) is 5.30. The molecule has 0 bridgehead atoms. The fourth-order valence-corrected chi connectivity index (χ4v) is 3.17. The smallest absolute Gasteiger partial charge is 0.229 e. The predicted molar refractivity (Wildman–Crippen MR) is 102 cm³/mol. The van der Waals surface area contributed by atoms with E-state index in [2.05, 4.69) is 5.32 Å². The molecule has 0 aliphatic carbocycles. The number of rotatable bonds is 3. The normalized spacial score (nSPS) is 17.0. The van der Waals surface area contributed by atoms with Crippen molar-refractivity contribution in [1.29, 1.82) is 0 Å². The first-order valence-electron chi connectivity index (χ1n) is 7.67. The molecular formula is C18H15Cl3N2O2. The van der Waals surface area contributed by atoms with Crippen LogP contribution < -0.4 is 10.2 Å². The lowest BCUT2D eigenvalue weighted by molar-refractivity contribution is -0.122. The lowest BCUT2D eigenvalue weighted by Crippen LogP contribution is -2.28. The summed E-state index contributed by atoms with van der Waals surface area (Å²) in [6, 6.07) is 10.3. The molecule has 0 aromatic heterocycles. The van der Waals surface area contributed by atoms with Crippen LogP contribution in [0.25, 0.3) is 0 Å². The van der Waals surface area contributed by atoms with Gasteiger partial charge in [0.05, 0.1) is 16.0 Å². The molecule has 130 valence electrons. The number of carbonyl (C=O) groups excluding carboxylic acids is 2. The summed E-state index contributed by atoms with van der Waals surface area (Å²) < 4.78 is 0. The topological polar surface area (TPSA) is 49.4 Å². The van der Waals surface area contributed by atoms with E-state index in [0.717, 1.165) is 5.56 Å². The summed E-state index contributed by atoms with van der Waals surface area (Å²) in [4.78, 5) is 26.4. The Morgan fingerprint density at radius 2 is 1.84 bits per heavy atom. The van der Waals surface area contributed by atoms with E-state index in [1.807, 2.05) is 19.1 Å². The van der Waals surface area contributed by atoms with Crippen LogP contribution >= 0.6 is 34.8 Å². The van der Waals surface area contributed by atoms with Crippen LogP contribution in [0, 0.1) is 12.8 Å². The Labute approximate surface area is 160 Å². The maximum atomic E-state index is 12.5. The van der Waals surface area contributed by atoms with Crippen LogP contribution in [0.4, 0.5) is 11.4 Å². The zero-order chi connectivity index (χ0) is 18.1. The Bertz CT molecular complexity index is 854. The van der Waals surface area contributed by atoms with E-state index in [4.69, 9.17) is 34.8 Å². The summed E-state index contributed by atoms with van der Waals surface area (Å²) in [5.74, 6) is -0.774. The third kappa shape index (κ3) is 3.92. The van der Waals surface area contributed by atoms with Gasteiger partial charge in [-0.05, 0) is 42.8 Å². The van der Waals surface area contributed by atoms with Gasteiger partial charge in [0.1, 0.15) is 0 Å². The molecule has 2 amide bonds. The van der Waals surface area contributed by atoms with Gasteiger partial charge in [-0.25, -0.2) is 0 Å². The van der Waals surface area contributed by atoms with Gasteiger partial charge in [0.15, 0.2) is 0 Å². The Morgan fingerprint density at radius 3 is 2.52 bits per heavy atom. The van der Waals surface area contributed by atoms with Crippen LogP contribution in [0.3, 0.4) is 0 Å². The zero-order valence-electron chi connectivity index (χ0n) is 13.4. The number of halogens is 3. The van der Waals surface area contributed by atoms with Crippen molar-refractivity contribution in [3.05, 3.63) is 57.0 Å². The van der Waals surface area contributed by atoms with Gasteiger partial charge in [-0.3, -0.25) is 9.59 Å². The van der Waals surface area contributed by atoms with Gasteiger partial charge in [-0.15, -0.1) is 0 Å². The quantitative estimate of drug-likeness (QED) is 0.797. The van der Waals surface area contributed by atoms with Gasteiger partial charge in [-0.1, -0.05) is 40.9 Å². The Kier molecular flexibility index (Phi) is 5.23. The average molecular weight is 398 g/mol. The fourth-order valence-electron chi connectivity index (χ4n) is 2.70. The molecule has 2 aromatic carbocycles. The van der Waals surface area contributed by atoms with Crippen molar-refractivity contribution >= 4 is 58.0 Å². The second kappa shape index (κ2) is 7.24. The van der Waals surface area contributed by atoms with Crippen LogP contribution in [0.15, 0.2) is 36.4 Å². The van der Waals surface area contributed by atoms with Gasteiger partial charge in [0, 0.05) is 29.4 Å². The molecule has 1 atom stereocenters. The van der Waals surface area contributed by atoms with Gasteiger partial charge in [-0.2, -0.15) is 0 Å². The van der Waals surface area contributed by atoms with Crippen molar-refractivity contribution in [1.82, 2.24) is 0 Å². The van der Waals surface area contributed by atoms with Crippen molar-refractivity contribution in [3.63, 3.8) is 0 Å². The van der Waals surface area contributed by atoms with E-state index in [9.17, 15) is 9.59 Å². The molecule has 3 rings (SSSR count). The molecule has 1 aliphatic heterocycles. The van der Waals surface area contributed by atoms with Crippen LogP contribution in [0.1, 0.15) is 12.0 Å². The van der Waals surface area contributed by atoms with E-state index >= 15 is 0 Å². The van der Waals surface area contributed by atoms with Crippen LogP contribution in [-0.4, -0.2) is 18.4 Å². The minimum Gasteiger partial charge on any atom is -0.326 e. The first kappa shape index (κ1) is 18.1. The van der Waals surface area contributed by atoms with Crippen molar-refractivity contribution in [2.24, 2.45) is 5.92 Å². The lowest BCUT2D eigenvalue weighted by Gasteiger charge is -2.17. The number of amides is 2. The second-order valence-corrected chi connectivity index (χ2v) is 7.18. The number of anilines is 2. The maximum Gasteiger partial charge on any atom is 0.229 e. The van der Waals surface area contributed by atoms with E-state index in [-0.39, 0.29) is 18.2 Å². The number of nitrogens with one attached hydrogen (secondary N) is 1. The minimum atomic E-state index is -0.443. The zero-order valence-corrected chi connectivity index (χ0v) is 15.6. The standard InChI is InChI=1S/C18H15Cl3N2O2/c1-10-2-4-13(8-15(10)20)23-9-11(6-17(23)24)18(25)22-12-3-5-14(19)16(21)7-12/h2-5,7-8,11H,6,9H2,1H3,(H,22,25)/t11-/m1/s1. The third-order valence-electron chi connectivity index (χ3n) is 4.15. The fraction of sp³-hybridized carbons (Fsp3) is 0.222. The Morgan fingerprint density at radius 1 is 1.08 bits per heavy atom. The van der Waals surface area contributed by atoms with Gasteiger partial charge in [0.2, 0.25) is 11.8 Å². The molecule has 0 spiro atoms. The summed E-state index contributed by atoms with van der Waals surface area (Å²) in [6.07, 6.45) is 0.151. The molecule has 1 aliphatic rings. The minimum absolute atomic E-state index is 0.103. The van der Waals surface area contributed by atoms with Gasteiger partial charge in [0.25, 0.3) is 0 Å². The highest BCUT2D eigenvalue weighted by atomic mass is 35.5. The number of nitrogens with zero attached hydrogens (tertiary/aromatic N) is 1. The van der Waals surface area contributed by atoms with Crippen molar-refractivity contribution in [2.75, 3.05) is 16.8 Å². The molecule has 2 aromatic rings. The largest absolute Gasteiger partial charge is 0.326 e. The summed E-state index contributed by atoms with van der Waals surface area (Å²) in [6.45, 7) is 2.21. The van der Waals surface area contributed by atoms with Crippen molar-refractivity contribution < 1.29 is 9.59 Å². The Hall–Kier alpha value is -1.75. The maximum absolute atomic E-state index is 12.5.